The molecule has 1 saturated carbocycles. The van der Waals surface area contributed by atoms with Crippen molar-refractivity contribution in [3.63, 3.8) is 0 Å². The quantitative estimate of drug-likeness (QED) is 0.558. The van der Waals surface area contributed by atoms with Gasteiger partial charge in [0.2, 0.25) is 5.91 Å². The average molecular weight is 181 g/mol. The molecule has 3 nitrogen and oxygen atoms in total. The normalized spacial score (nSPS) is 39.9. The SMILES string of the molecule is CC(=O)N1C[C@H]2[C@@H]([C@H]1C=O)C2(C)C. The molecule has 0 bridgehead atoms. The maximum Gasteiger partial charge on any atom is 0.220 e. The summed E-state index contributed by atoms with van der Waals surface area (Å²) in [6.07, 6.45) is 0.931. The topological polar surface area (TPSA) is 37.4 Å². The van der Waals surface area contributed by atoms with Crippen LogP contribution >= 0.6 is 0 Å². The molecule has 2 rings (SSSR count). The highest BCUT2D eigenvalue weighted by molar-refractivity contribution is 5.79. The number of aldehydes is 1. The molecule has 0 spiro atoms. The van der Waals surface area contributed by atoms with Crippen LogP contribution in [-0.2, 0) is 9.59 Å². The zero-order valence-electron chi connectivity index (χ0n) is 8.28. The number of likely N-dealkylation sites (tertiary alicyclic amines) is 1. The zero-order valence-corrected chi connectivity index (χ0v) is 8.28. The van der Waals surface area contributed by atoms with Crippen molar-refractivity contribution in [2.45, 2.75) is 26.8 Å². The molecule has 0 aromatic heterocycles. The van der Waals surface area contributed by atoms with Crippen LogP contribution < -0.4 is 0 Å². The van der Waals surface area contributed by atoms with Gasteiger partial charge in [-0.1, -0.05) is 13.8 Å². The second-order valence-electron chi connectivity index (χ2n) is 4.75. The van der Waals surface area contributed by atoms with Crippen molar-refractivity contribution in [1.29, 1.82) is 0 Å². The zero-order chi connectivity index (χ0) is 9.80. The van der Waals surface area contributed by atoms with E-state index in [9.17, 15) is 9.59 Å². The predicted octanol–water partition coefficient (Wildman–Crippen LogP) is 0.688. The molecular weight excluding hydrogens is 166 g/mol. The molecule has 1 saturated heterocycles. The summed E-state index contributed by atoms with van der Waals surface area (Å²) in [5.74, 6) is 0.987. The molecule has 72 valence electrons. The van der Waals surface area contributed by atoms with Gasteiger partial charge in [-0.2, -0.15) is 0 Å². The van der Waals surface area contributed by atoms with Gasteiger partial charge in [0.15, 0.2) is 0 Å². The Morgan fingerprint density at radius 2 is 2.15 bits per heavy atom. The Morgan fingerprint density at radius 3 is 2.62 bits per heavy atom. The molecule has 1 aliphatic heterocycles. The van der Waals surface area contributed by atoms with E-state index in [1.165, 1.54) is 6.92 Å². The summed E-state index contributed by atoms with van der Waals surface area (Å²) in [5, 5.41) is 0. The van der Waals surface area contributed by atoms with Crippen LogP contribution in [0.15, 0.2) is 0 Å². The van der Waals surface area contributed by atoms with Gasteiger partial charge < -0.3 is 9.69 Å². The highest BCUT2D eigenvalue weighted by Crippen LogP contribution is 2.64. The van der Waals surface area contributed by atoms with E-state index in [2.05, 4.69) is 13.8 Å². The number of hydrogen-bond donors (Lipinski definition) is 0. The summed E-state index contributed by atoms with van der Waals surface area (Å²) in [6.45, 7) is 6.66. The molecule has 13 heavy (non-hydrogen) atoms. The van der Waals surface area contributed by atoms with Crippen molar-refractivity contribution in [2.75, 3.05) is 6.54 Å². The maximum absolute atomic E-state index is 11.2. The summed E-state index contributed by atoms with van der Waals surface area (Å²) < 4.78 is 0. The number of fused-ring (bicyclic) bond motifs is 1. The van der Waals surface area contributed by atoms with Crippen molar-refractivity contribution in [3.8, 4) is 0 Å². The molecule has 0 unspecified atom stereocenters. The molecule has 2 aliphatic rings. The lowest BCUT2D eigenvalue weighted by molar-refractivity contribution is -0.134. The first-order valence-corrected chi connectivity index (χ1v) is 4.72. The Hall–Kier alpha value is -0.860. The van der Waals surface area contributed by atoms with Gasteiger partial charge in [-0.05, 0) is 17.3 Å². The van der Waals surface area contributed by atoms with Gasteiger partial charge in [-0.3, -0.25) is 4.79 Å². The molecule has 2 fully saturated rings. The first kappa shape index (κ1) is 8.73. The number of hydrogen-bond acceptors (Lipinski definition) is 2. The van der Waals surface area contributed by atoms with Crippen molar-refractivity contribution >= 4 is 12.2 Å². The van der Waals surface area contributed by atoms with Crippen molar-refractivity contribution in [3.05, 3.63) is 0 Å². The summed E-state index contributed by atoms with van der Waals surface area (Å²) in [4.78, 5) is 23.7. The molecule has 1 aliphatic carbocycles. The third-order valence-corrected chi connectivity index (χ3v) is 3.80. The number of amides is 1. The van der Waals surface area contributed by atoms with Crippen LogP contribution in [0.4, 0.5) is 0 Å². The minimum Gasteiger partial charge on any atom is -0.333 e. The molecule has 1 amide bonds. The van der Waals surface area contributed by atoms with Crippen LogP contribution in [0, 0.1) is 17.3 Å². The summed E-state index contributed by atoms with van der Waals surface area (Å²) in [5.41, 5.74) is 0.275. The highest BCUT2D eigenvalue weighted by Gasteiger charge is 2.67. The van der Waals surface area contributed by atoms with E-state index in [0.29, 0.717) is 11.8 Å². The van der Waals surface area contributed by atoms with E-state index in [1.807, 2.05) is 0 Å². The van der Waals surface area contributed by atoms with Crippen molar-refractivity contribution in [1.82, 2.24) is 4.90 Å². The fourth-order valence-electron chi connectivity index (χ4n) is 2.84. The lowest BCUT2D eigenvalue weighted by atomic mass is 10.0. The van der Waals surface area contributed by atoms with Gasteiger partial charge in [0.05, 0.1) is 6.04 Å². The van der Waals surface area contributed by atoms with Crippen LogP contribution in [0.5, 0.6) is 0 Å². The Morgan fingerprint density at radius 1 is 1.54 bits per heavy atom. The van der Waals surface area contributed by atoms with Crippen LogP contribution in [0.3, 0.4) is 0 Å². The van der Waals surface area contributed by atoms with E-state index in [0.717, 1.165) is 12.8 Å². The fraction of sp³-hybridized carbons (Fsp3) is 0.800. The highest BCUT2D eigenvalue weighted by atomic mass is 16.2. The van der Waals surface area contributed by atoms with Gasteiger partial charge in [0, 0.05) is 13.5 Å². The molecule has 0 aromatic carbocycles. The second kappa shape index (κ2) is 2.34. The predicted molar refractivity (Wildman–Crippen MR) is 48.0 cm³/mol. The van der Waals surface area contributed by atoms with Gasteiger partial charge in [-0.25, -0.2) is 0 Å². The number of carbonyl (C=O) groups is 2. The lowest BCUT2D eigenvalue weighted by Crippen LogP contribution is -2.40. The number of nitrogens with zero attached hydrogens (tertiary/aromatic N) is 1. The van der Waals surface area contributed by atoms with E-state index >= 15 is 0 Å². The third-order valence-electron chi connectivity index (χ3n) is 3.80. The Kier molecular flexibility index (Phi) is 1.57. The number of piperidine rings is 1. The summed E-state index contributed by atoms with van der Waals surface area (Å²) >= 11 is 0. The lowest BCUT2D eigenvalue weighted by Gasteiger charge is -2.25. The molecular formula is C10H15NO2. The summed E-state index contributed by atoms with van der Waals surface area (Å²) in [7, 11) is 0. The molecule has 0 aromatic rings. The van der Waals surface area contributed by atoms with E-state index in [4.69, 9.17) is 0 Å². The standard InChI is InChI=1S/C10H15NO2/c1-6(13)11-4-7-9(8(11)5-12)10(7,2)3/h5,7-9H,4H2,1-3H3/t7-,8+,9-/m0/s1. The number of rotatable bonds is 1. The molecule has 3 atom stereocenters. The first-order chi connectivity index (χ1) is 6.00. The van der Waals surface area contributed by atoms with Gasteiger partial charge in [0.25, 0.3) is 0 Å². The van der Waals surface area contributed by atoms with Gasteiger partial charge in [-0.15, -0.1) is 0 Å². The molecule has 0 N–H and O–H groups in total. The fourth-order valence-corrected chi connectivity index (χ4v) is 2.84. The third kappa shape index (κ3) is 0.960. The Balaban J connectivity index is 2.18. The van der Waals surface area contributed by atoms with Crippen LogP contribution in [0.1, 0.15) is 20.8 Å². The largest absolute Gasteiger partial charge is 0.333 e. The average Bonchev–Trinajstić information content (AvgIpc) is 2.48. The minimum atomic E-state index is -0.155. The van der Waals surface area contributed by atoms with Gasteiger partial charge in [0.1, 0.15) is 6.29 Å². The Labute approximate surface area is 78.1 Å². The maximum atomic E-state index is 11.2. The van der Waals surface area contributed by atoms with Crippen LogP contribution in [0.2, 0.25) is 0 Å². The summed E-state index contributed by atoms with van der Waals surface area (Å²) in [6, 6.07) is -0.155. The molecule has 0 radical (unpaired) electrons. The van der Waals surface area contributed by atoms with Crippen molar-refractivity contribution < 1.29 is 9.59 Å². The first-order valence-electron chi connectivity index (χ1n) is 4.72. The Bertz CT molecular complexity index is 272. The van der Waals surface area contributed by atoms with E-state index < -0.39 is 0 Å². The molecule has 3 heteroatoms. The molecule has 1 heterocycles. The minimum absolute atomic E-state index is 0.0279. The monoisotopic (exact) mass is 181 g/mol. The van der Waals surface area contributed by atoms with E-state index in [1.54, 1.807) is 4.90 Å². The number of carbonyl (C=O) groups excluding carboxylic acids is 2. The van der Waals surface area contributed by atoms with Crippen molar-refractivity contribution in [2.24, 2.45) is 17.3 Å². The van der Waals surface area contributed by atoms with Gasteiger partial charge >= 0.3 is 0 Å². The smallest absolute Gasteiger partial charge is 0.220 e. The van der Waals surface area contributed by atoms with Crippen LogP contribution in [0.25, 0.3) is 0 Å². The van der Waals surface area contributed by atoms with Crippen LogP contribution in [-0.4, -0.2) is 29.7 Å². The second-order valence-corrected chi connectivity index (χ2v) is 4.75. The van der Waals surface area contributed by atoms with E-state index in [-0.39, 0.29) is 17.4 Å².